The second-order valence-electron chi connectivity index (χ2n) is 5.66. The third-order valence-corrected chi connectivity index (χ3v) is 4.08. The number of nitrogens with zero attached hydrogens (tertiary/aromatic N) is 2. The first-order chi connectivity index (χ1) is 11.5. The summed E-state index contributed by atoms with van der Waals surface area (Å²) < 4.78 is 4.68. The van der Waals surface area contributed by atoms with Gasteiger partial charge in [0.1, 0.15) is 11.7 Å². The number of amides is 1. The fourth-order valence-corrected chi connectivity index (χ4v) is 2.81. The Hall–Kier alpha value is -2.48. The van der Waals surface area contributed by atoms with E-state index in [2.05, 4.69) is 10.1 Å². The molecule has 24 heavy (non-hydrogen) atoms. The second kappa shape index (κ2) is 8.39. The summed E-state index contributed by atoms with van der Waals surface area (Å²) in [7, 11) is 1.27. The van der Waals surface area contributed by atoms with Crippen LogP contribution in [0.4, 0.5) is 11.4 Å². The van der Waals surface area contributed by atoms with Crippen LogP contribution >= 0.6 is 0 Å². The quantitative estimate of drug-likeness (QED) is 0.484. The van der Waals surface area contributed by atoms with E-state index in [-0.39, 0.29) is 17.8 Å². The van der Waals surface area contributed by atoms with Gasteiger partial charge in [-0.15, -0.1) is 0 Å². The Balaban J connectivity index is 2.17. The van der Waals surface area contributed by atoms with Crippen molar-refractivity contribution in [1.29, 1.82) is 0 Å². The largest absolute Gasteiger partial charge is 0.469 e. The molecule has 1 aliphatic rings. The van der Waals surface area contributed by atoms with Crippen LogP contribution in [0.1, 0.15) is 25.7 Å². The molecule has 8 nitrogen and oxygen atoms in total. The van der Waals surface area contributed by atoms with E-state index in [1.807, 2.05) is 4.90 Å². The molecule has 1 heterocycles. The van der Waals surface area contributed by atoms with Gasteiger partial charge in [0.25, 0.3) is 5.69 Å². The lowest BCUT2D eigenvalue weighted by molar-refractivity contribution is -0.383. The molecule has 1 aliphatic heterocycles. The van der Waals surface area contributed by atoms with Crippen LogP contribution in [-0.2, 0) is 14.3 Å². The third kappa shape index (κ3) is 4.51. The second-order valence-corrected chi connectivity index (χ2v) is 5.66. The Kier molecular flexibility index (Phi) is 6.25. The lowest BCUT2D eigenvalue weighted by Crippen LogP contribution is -2.47. The first kappa shape index (κ1) is 17.9. The highest BCUT2D eigenvalue weighted by Crippen LogP contribution is 2.24. The molecule has 130 valence electrons. The van der Waals surface area contributed by atoms with Crippen LogP contribution in [0.5, 0.6) is 0 Å². The fraction of sp³-hybridized carbons (Fsp3) is 0.500. The summed E-state index contributed by atoms with van der Waals surface area (Å²) in [4.78, 5) is 36.8. The number of carbonyl (C=O) groups is 2. The number of methoxy groups -OCH3 is 1. The Bertz CT molecular complexity index is 613. The van der Waals surface area contributed by atoms with Gasteiger partial charge in [0, 0.05) is 6.07 Å². The first-order valence-corrected chi connectivity index (χ1v) is 7.88. The van der Waals surface area contributed by atoms with Crippen molar-refractivity contribution in [3.8, 4) is 0 Å². The summed E-state index contributed by atoms with van der Waals surface area (Å²) in [6.07, 6.45) is 2.92. The minimum atomic E-state index is -0.697. The standard InChI is InChI=1S/C16H21N3O5/c1-24-15(20)11-14(18-9-5-2-6-10-18)16(21)17-12-7-3-4-8-13(12)19(22)23/h3-4,7-8,14H,2,5-6,9-11H2,1H3,(H,17,21)/t14-/m1/s1. The van der Waals surface area contributed by atoms with E-state index >= 15 is 0 Å². The number of nitrogens with one attached hydrogen (secondary N) is 1. The van der Waals surface area contributed by atoms with Crippen LogP contribution in [0, 0.1) is 10.1 Å². The van der Waals surface area contributed by atoms with Crippen LogP contribution in [0.2, 0.25) is 0 Å². The predicted molar refractivity (Wildman–Crippen MR) is 87.6 cm³/mol. The van der Waals surface area contributed by atoms with Gasteiger partial charge in [-0.1, -0.05) is 18.6 Å². The Morgan fingerprint density at radius 2 is 1.96 bits per heavy atom. The van der Waals surface area contributed by atoms with E-state index < -0.39 is 22.8 Å². The molecule has 0 saturated carbocycles. The monoisotopic (exact) mass is 335 g/mol. The summed E-state index contributed by atoms with van der Waals surface area (Å²) in [6.45, 7) is 1.43. The number of rotatable bonds is 6. The molecule has 1 fully saturated rings. The first-order valence-electron chi connectivity index (χ1n) is 7.88. The van der Waals surface area contributed by atoms with Crippen molar-refractivity contribution in [1.82, 2.24) is 4.90 Å². The highest BCUT2D eigenvalue weighted by atomic mass is 16.6. The molecule has 2 rings (SSSR count). The van der Waals surface area contributed by atoms with Gasteiger partial charge in [-0.25, -0.2) is 0 Å². The van der Waals surface area contributed by atoms with Gasteiger partial charge in [-0.3, -0.25) is 24.6 Å². The molecule has 1 aromatic carbocycles. The molecule has 0 aromatic heterocycles. The van der Waals surface area contributed by atoms with Gasteiger partial charge in [-0.2, -0.15) is 0 Å². The van der Waals surface area contributed by atoms with Crippen molar-refractivity contribution in [3.63, 3.8) is 0 Å². The number of anilines is 1. The highest BCUT2D eigenvalue weighted by Gasteiger charge is 2.30. The number of ether oxygens (including phenoxy) is 1. The maximum atomic E-state index is 12.7. The molecule has 0 unspecified atom stereocenters. The topological polar surface area (TPSA) is 102 Å². The third-order valence-electron chi connectivity index (χ3n) is 4.08. The zero-order valence-corrected chi connectivity index (χ0v) is 13.6. The number of piperidine rings is 1. The molecular formula is C16H21N3O5. The Labute approximate surface area is 139 Å². The Morgan fingerprint density at radius 1 is 1.29 bits per heavy atom. The average molecular weight is 335 g/mol. The van der Waals surface area contributed by atoms with E-state index in [1.165, 1.54) is 25.3 Å². The summed E-state index contributed by atoms with van der Waals surface area (Å²) >= 11 is 0. The minimum Gasteiger partial charge on any atom is -0.469 e. The lowest BCUT2D eigenvalue weighted by atomic mass is 10.1. The molecule has 1 amide bonds. The van der Waals surface area contributed by atoms with Crippen molar-refractivity contribution < 1.29 is 19.2 Å². The van der Waals surface area contributed by atoms with Crippen molar-refractivity contribution in [3.05, 3.63) is 34.4 Å². The number of likely N-dealkylation sites (tertiary alicyclic amines) is 1. The van der Waals surface area contributed by atoms with Gasteiger partial charge in [0.2, 0.25) is 5.91 Å². The molecule has 0 bridgehead atoms. The van der Waals surface area contributed by atoms with E-state index in [0.717, 1.165) is 19.3 Å². The van der Waals surface area contributed by atoms with Crippen LogP contribution in [0.25, 0.3) is 0 Å². The van der Waals surface area contributed by atoms with Crippen LogP contribution in [0.15, 0.2) is 24.3 Å². The summed E-state index contributed by atoms with van der Waals surface area (Å²) in [6, 6.07) is 5.24. The maximum Gasteiger partial charge on any atom is 0.307 e. The fourth-order valence-electron chi connectivity index (χ4n) is 2.81. The molecular weight excluding hydrogens is 314 g/mol. The lowest BCUT2D eigenvalue weighted by Gasteiger charge is -2.33. The molecule has 1 saturated heterocycles. The van der Waals surface area contributed by atoms with E-state index in [0.29, 0.717) is 13.1 Å². The summed E-state index contributed by atoms with van der Waals surface area (Å²) in [5.41, 5.74) is -0.0549. The number of nitro groups is 1. The van der Waals surface area contributed by atoms with E-state index in [9.17, 15) is 19.7 Å². The number of hydrogen-bond acceptors (Lipinski definition) is 6. The average Bonchev–Trinajstić information content (AvgIpc) is 2.60. The zero-order chi connectivity index (χ0) is 17.5. The number of esters is 1. The van der Waals surface area contributed by atoms with Gasteiger partial charge < -0.3 is 10.1 Å². The molecule has 0 aliphatic carbocycles. The van der Waals surface area contributed by atoms with Crippen LogP contribution in [0.3, 0.4) is 0 Å². The van der Waals surface area contributed by atoms with Crippen molar-refractivity contribution in [2.24, 2.45) is 0 Å². The number of nitro benzene ring substituents is 1. The SMILES string of the molecule is COC(=O)C[C@H](C(=O)Nc1ccccc1[N+](=O)[O-])N1CCCCC1. The summed E-state index contributed by atoms with van der Waals surface area (Å²) in [5.74, 6) is -0.917. The van der Waals surface area contributed by atoms with Crippen LogP contribution < -0.4 is 5.32 Å². The van der Waals surface area contributed by atoms with E-state index in [4.69, 9.17) is 0 Å². The maximum absolute atomic E-state index is 12.7. The van der Waals surface area contributed by atoms with Crippen molar-refractivity contribution in [2.75, 3.05) is 25.5 Å². The molecule has 1 atom stereocenters. The van der Waals surface area contributed by atoms with Gasteiger partial charge in [-0.05, 0) is 32.0 Å². The molecule has 1 N–H and O–H groups in total. The number of carbonyl (C=O) groups excluding carboxylic acids is 2. The highest BCUT2D eigenvalue weighted by molar-refractivity contribution is 5.98. The number of benzene rings is 1. The molecule has 8 heteroatoms. The normalized spacial score (nSPS) is 16.2. The Morgan fingerprint density at radius 3 is 2.58 bits per heavy atom. The molecule has 0 radical (unpaired) electrons. The summed E-state index contributed by atoms with van der Waals surface area (Å²) in [5, 5.41) is 13.7. The zero-order valence-electron chi connectivity index (χ0n) is 13.6. The van der Waals surface area contributed by atoms with Gasteiger partial charge in [0.15, 0.2) is 0 Å². The molecule has 0 spiro atoms. The number of hydrogen-bond donors (Lipinski definition) is 1. The van der Waals surface area contributed by atoms with Crippen molar-refractivity contribution >= 4 is 23.3 Å². The minimum absolute atomic E-state index is 0.0804. The van der Waals surface area contributed by atoms with Gasteiger partial charge in [0.05, 0.1) is 18.5 Å². The van der Waals surface area contributed by atoms with Crippen LogP contribution in [-0.4, -0.2) is 47.9 Å². The van der Waals surface area contributed by atoms with Crippen molar-refractivity contribution in [2.45, 2.75) is 31.7 Å². The smallest absolute Gasteiger partial charge is 0.307 e. The van der Waals surface area contributed by atoms with Gasteiger partial charge >= 0.3 is 5.97 Å². The van der Waals surface area contributed by atoms with E-state index in [1.54, 1.807) is 6.07 Å². The number of para-hydroxylation sites is 2. The predicted octanol–water partition coefficient (Wildman–Crippen LogP) is 1.95. The molecule has 1 aromatic rings.